The van der Waals surface area contributed by atoms with Gasteiger partial charge in [-0.25, -0.2) is 22.8 Å². The summed E-state index contributed by atoms with van der Waals surface area (Å²) >= 11 is 5.95. The molecule has 0 aliphatic carbocycles. The summed E-state index contributed by atoms with van der Waals surface area (Å²) in [5, 5.41) is 4.25. The molecule has 1 heterocycles. The fraction of sp³-hybridized carbons (Fsp3) is 0.125. The van der Waals surface area contributed by atoms with Crippen molar-refractivity contribution in [1.29, 1.82) is 0 Å². The molecule has 124 valence electrons. The Kier molecular flexibility index (Phi) is 4.94. The maximum Gasteiger partial charge on any atom is 0.242 e. The maximum absolute atomic E-state index is 12.3. The number of sulfonamides is 1. The van der Waals surface area contributed by atoms with Crippen molar-refractivity contribution < 1.29 is 8.42 Å². The van der Waals surface area contributed by atoms with Gasteiger partial charge in [0.2, 0.25) is 10.0 Å². The largest absolute Gasteiger partial charge is 0.249 e. The van der Waals surface area contributed by atoms with Crippen molar-refractivity contribution in [2.75, 3.05) is 0 Å². The molecule has 0 aliphatic rings. The molecule has 1 N–H and O–H groups in total. The topological polar surface area (TPSA) is 76.9 Å². The molecule has 0 atom stereocenters. The van der Waals surface area contributed by atoms with Crippen molar-refractivity contribution in [3.63, 3.8) is 0 Å². The predicted molar refractivity (Wildman–Crippen MR) is 91.0 cm³/mol. The van der Waals surface area contributed by atoms with Crippen LogP contribution in [0.15, 0.2) is 66.1 Å². The summed E-state index contributed by atoms with van der Waals surface area (Å²) in [6.45, 7) is 0.808. The molecule has 6 nitrogen and oxygen atoms in total. The van der Waals surface area contributed by atoms with Gasteiger partial charge in [-0.2, -0.15) is 5.10 Å². The first-order valence-corrected chi connectivity index (χ1v) is 9.05. The lowest BCUT2D eigenvalue weighted by atomic mass is 10.1. The first kappa shape index (κ1) is 16.6. The second kappa shape index (κ2) is 7.12. The lowest BCUT2D eigenvalue weighted by Crippen LogP contribution is -2.23. The Hall–Kier alpha value is -2.22. The fourth-order valence-electron chi connectivity index (χ4n) is 2.18. The van der Waals surface area contributed by atoms with E-state index in [1.165, 1.54) is 12.4 Å². The monoisotopic (exact) mass is 362 g/mol. The van der Waals surface area contributed by atoms with Gasteiger partial charge in [0.05, 0.1) is 11.6 Å². The quantitative estimate of drug-likeness (QED) is 0.730. The molecular formula is C16H15ClN4O2S. The van der Waals surface area contributed by atoms with E-state index in [4.69, 9.17) is 11.6 Å². The van der Waals surface area contributed by atoms with Crippen LogP contribution in [0, 0.1) is 0 Å². The van der Waals surface area contributed by atoms with Crippen LogP contribution in [0.5, 0.6) is 0 Å². The van der Waals surface area contributed by atoms with Gasteiger partial charge in [-0.05, 0) is 23.3 Å². The van der Waals surface area contributed by atoms with Crippen molar-refractivity contribution >= 4 is 21.6 Å². The zero-order chi connectivity index (χ0) is 17.0. The van der Waals surface area contributed by atoms with Crippen LogP contribution in [0.3, 0.4) is 0 Å². The minimum atomic E-state index is -3.64. The molecule has 8 heteroatoms. The molecule has 0 bridgehead atoms. The molecule has 2 aromatic carbocycles. The van der Waals surface area contributed by atoms with E-state index in [2.05, 4.69) is 14.8 Å². The smallest absolute Gasteiger partial charge is 0.242 e. The van der Waals surface area contributed by atoms with Gasteiger partial charge in [-0.15, -0.1) is 0 Å². The summed E-state index contributed by atoms with van der Waals surface area (Å²) in [4.78, 5) is 3.97. The molecule has 24 heavy (non-hydrogen) atoms. The van der Waals surface area contributed by atoms with E-state index in [1.54, 1.807) is 29.2 Å². The number of halogens is 1. The fourth-order valence-corrected chi connectivity index (χ4v) is 3.72. The highest BCUT2D eigenvalue weighted by molar-refractivity contribution is 7.89. The summed E-state index contributed by atoms with van der Waals surface area (Å²) in [6.07, 6.45) is 3.13. The lowest BCUT2D eigenvalue weighted by Gasteiger charge is -2.09. The summed E-state index contributed by atoms with van der Waals surface area (Å²) in [5.41, 5.74) is 1.91. The van der Waals surface area contributed by atoms with Crippen LogP contribution in [0.1, 0.15) is 11.1 Å². The lowest BCUT2D eigenvalue weighted by molar-refractivity contribution is 0.581. The molecule has 3 aromatic rings. The molecular weight excluding hydrogens is 348 g/mol. The van der Waals surface area contributed by atoms with Gasteiger partial charge >= 0.3 is 0 Å². The van der Waals surface area contributed by atoms with E-state index in [-0.39, 0.29) is 16.5 Å². The van der Waals surface area contributed by atoms with Crippen LogP contribution >= 0.6 is 11.6 Å². The number of rotatable bonds is 6. The number of benzene rings is 2. The minimum Gasteiger partial charge on any atom is -0.249 e. The molecule has 0 saturated carbocycles. The molecule has 0 fully saturated rings. The zero-order valence-corrected chi connectivity index (χ0v) is 14.2. The van der Waals surface area contributed by atoms with Gasteiger partial charge < -0.3 is 0 Å². The maximum atomic E-state index is 12.3. The SMILES string of the molecule is O=S(=O)(NCc1ccc(Cn2cncn2)cc1)c1ccccc1Cl. The third-order valence-electron chi connectivity index (χ3n) is 3.43. The van der Waals surface area contributed by atoms with E-state index < -0.39 is 10.0 Å². The van der Waals surface area contributed by atoms with Gasteiger partial charge in [-0.3, -0.25) is 0 Å². The van der Waals surface area contributed by atoms with Gasteiger partial charge in [0.15, 0.2) is 0 Å². The van der Waals surface area contributed by atoms with Crippen LogP contribution in [0.2, 0.25) is 5.02 Å². The van der Waals surface area contributed by atoms with Crippen molar-refractivity contribution in [2.24, 2.45) is 0 Å². The molecule has 0 saturated heterocycles. The van der Waals surface area contributed by atoms with E-state index in [0.29, 0.717) is 6.54 Å². The molecule has 0 aliphatic heterocycles. The average molecular weight is 363 g/mol. The predicted octanol–water partition coefficient (Wildman–Crippen LogP) is 2.46. The Labute approximate surface area is 145 Å². The Morgan fingerprint density at radius 3 is 2.42 bits per heavy atom. The highest BCUT2D eigenvalue weighted by Crippen LogP contribution is 2.20. The van der Waals surface area contributed by atoms with Crippen molar-refractivity contribution in [3.05, 3.63) is 77.3 Å². The minimum absolute atomic E-state index is 0.0782. The molecule has 0 amide bonds. The van der Waals surface area contributed by atoms with E-state index >= 15 is 0 Å². The van der Waals surface area contributed by atoms with Crippen LogP contribution in [-0.2, 0) is 23.1 Å². The van der Waals surface area contributed by atoms with Crippen molar-refractivity contribution in [1.82, 2.24) is 19.5 Å². The first-order chi connectivity index (χ1) is 11.5. The molecule has 3 rings (SSSR count). The van der Waals surface area contributed by atoms with Crippen molar-refractivity contribution in [3.8, 4) is 0 Å². The second-order valence-electron chi connectivity index (χ2n) is 5.16. The Bertz CT molecular complexity index is 910. The number of nitrogens with one attached hydrogen (secondary N) is 1. The summed E-state index contributed by atoms with van der Waals surface area (Å²) in [7, 11) is -3.64. The highest BCUT2D eigenvalue weighted by Gasteiger charge is 2.16. The van der Waals surface area contributed by atoms with Crippen LogP contribution < -0.4 is 4.72 Å². The Balaban J connectivity index is 1.65. The number of nitrogens with zero attached hydrogens (tertiary/aromatic N) is 3. The van der Waals surface area contributed by atoms with Gasteiger partial charge in [-0.1, -0.05) is 48.0 Å². The average Bonchev–Trinajstić information content (AvgIpc) is 3.07. The molecule has 1 aromatic heterocycles. The zero-order valence-electron chi connectivity index (χ0n) is 12.6. The summed E-state index contributed by atoms with van der Waals surface area (Å²) in [6, 6.07) is 14.0. The van der Waals surface area contributed by atoms with Crippen molar-refractivity contribution in [2.45, 2.75) is 18.0 Å². The molecule has 0 spiro atoms. The number of aromatic nitrogens is 3. The van der Waals surface area contributed by atoms with Crippen LogP contribution in [0.25, 0.3) is 0 Å². The number of hydrogen-bond donors (Lipinski definition) is 1. The Morgan fingerprint density at radius 2 is 1.75 bits per heavy atom. The van der Waals surface area contributed by atoms with Crippen LogP contribution in [-0.4, -0.2) is 23.2 Å². The van der Waals surface area contributed by atoms with Gasteiger partial charge in [0.1, 0.15) is 17.6 Å². The highest BCUT2D eigenvalue weighted by atomic mass is 35.5. The van der Waals surface area contributed by atoms with E-state index in [1.807, 2.05) is 24.3 Å². The summed E-state index contributed by atoms with van der Waals surface area (Å²) in [5.74, 6) is 0. The normalized spacial score (nSPS) is 11.5. The third kappa shape index (κ3) is 4.00. The molecule has 0 unspecified atom stereocenters. The first-order valence-electron chi connectivity index (χ1n) is 7.19. The molecule has 0 radical (unpaired) electrons. The van der Waals surface area contributed by atoms with E-state index in [0.717, 1.165) is 11.1 Å². The van der Waals surface area contributed by atoms with Gasteiger partial charge in [0, 0.05) is 6.54 Å². The van der Waals surface area contributed by atoms with Gasteiger partial charge in [0.25, 0.3) is 0 Å². The third-order valence-corrected chi connectivity index (χ3v) is 5.33. The van der Waals surface area contributed by atoms with Crippen LogP contribution in [0.4, 0.5) is 0 Å². The summed E-state index contributed by atoms with van der Waals surface area (Å²) < 4.78 is 28.9. The van der Waals surface area contributed by atoms with E-state index in [9.17, 15) is 8.42 Å². The second-order valence-corrected chi connectivity index (χ2v) is 7.31. The standard InChI is InChI=1S/C16H15ClN4O2S/c17-15-3-1-2-4-16(15)24(22,23)20-9-13-5-7-14(8-6-13)10-21-12-18-11-19-21/h1-8,11-12,20H,9-10H2. The number of hydrogen-bond acceptors (Lipinski definition) is 4. The Morgan fingerprint density at radius 1 is 1.04 bits per heavy atom.